The minimum absolute atomic E-state index is 0.329. The molecule has 0 aromatic rings. The van der Waals surface area contributed by atoms with Crippen LogP contribution in [-0.2, 0) is 4.79 Å². The molecule has 0 saturated carbocycles. The molecular weight excluding hydrogens is 188 g/mol. The van der Waals surface area contributed by atoms with Crippen molar-refractivity contribution >= 4 is 5.97 Å². The lowest BCUT2D eigenvalue weighted by Gasteiger charge is -2.33. The molecule has 0 amide bonds. The highest BCUT2D eigenvalue weighted by Gasteiger charge is 2.38. The standard InChI is InChI=1S/C13H26O2/c1-5-8-9-11(7-3)13(4,10-6-2)12(14)15/h11H,5-10H2,1-4H3,(H,14,15). The van der Waals surface area contributed by atoms with Gasteiger partial charge in [-0.2, -0.15) is 0 Å². The summed E-state index contributed by atoms with van der Waals surface area (Å²) in [6.07, 6.45) is 6.07. The fraction of sp³-hybridized carbons (Fsp3) is 0.923. The minimum atomic E-state index is -0.618. The molecule has 0 aliphatic heterocycles. The zero-order valence-electron chi connectivity index (χ0n) is 10.7. The van der Waals surface area contributed by atoms with Crippen molar-refractivity contribution in [1.82, 2.24) is 0 Å². The maximum Gasteiger partial charge on any atom is 0.309 e. The van der Waals surface area contributed by atoms with Crippen LogP contribution in [0.4, 0.5) is 0 Å². The van der Waals surface area contributed by atoms with Crippen LogP contribution in [0, 0.1) is 11.3 Å². The van der Waals surface area contributed by atoms with Gasteiger partial charge in [-0.1, -0.05) is 46.5 Å². The van der Waals surface area contributed by atoms with Gasteiger partial charge in [0.15, 0.2) is 0 Å². The highest BCUT2D eigenvalue weighted by Crippen LogP contribution is 2.38. The Bertz CT molecular complexity index is 189. The van der Waals surface area contributed by atoms with E-state index in [1.807, 2.05) is 6.92 Å². The Morgan fingerprint density at radius 3 is 2.20 bits per heavy atom. The van der Waals surface area contributed by atoms with Gasteiger partial charge in [-0.05, 0) is 25.7 Å². The summed E-state index contributed by atoms with van der Waals surface area (Å²) in [5.74, 6) is -0.290. The van der Waals surface area contributed by atoms with Crippen molar-refractivity contribution in [1.29, 1.82) is 0 Å². The third-order valence-electron chi connectivity index (χ3n) is 3.56. The van der Waals surface area contributed by atoms with Gasteiger partial charge in [-0.15, -0.1) is 0 Å². The molecule has 0 bridgehead atoms. The molecule has 0 aromatic carbocycles. The molecule has 2 atom stereocenters. The second-order valence-corrected chi connectivity index (χ2v) is 4.72. The molecule has 0 radical (unpaired) electrons. The van der Waals surface area contributed by atoms with Gasteiger partial charge in [-0.25, -0.2) is 0 Å². The molecule has 0 rings (SSSR count). The largest absolute Gasteiger partial charge is 0.481 e. The number of unbranched alkanes of at least 4 members (excludes halogenated alkanes) is 1. The molecule has 0 spiro atoms. The molecule has 2 unspecified atom stereocenters. The number of rotatable bonds is 8. The number of carbonyl (C=O) groups is 1. The van der Waals surface area contributed by atoms with Gasteiger partial charge >= 0.3 is 5.97 Å². The van der Waals surface area contributed by atoms with Crippen molar-refractivity contribution in [3.05, 3.63) is 0 Å². The van der Waals surface area contributed by atoms with E-state index in [0.29, 0.717) is 5.92 Å². The summed E-state index contributed by atoms with van der Waals surface area (Å²) in [5.41, 5.74) is -0.515. The lowest BCUT2D eigenvalue weighted by atomic mass is 9.70. The molecule has 2 heteroatoms. The van der Waals surface area contributed by atoms with Gasteiger partial charge in [0, 0.05) is 0 Å². The quantitative estimate of drug-likeness (QED) is 0.660. The summed E-state index contributed by atoms with van der Waals surface area (Å²) in [6, 6.07) is 0. The fourth-order valence-corrected chi connectivity index (χ4v) is 2.43. The molecule has 2 nitrogen and oxygen atoms in total. The summed E-state index contributed by atoms with van der Waals surface area (Å²) >= 11 is 0. The molecular formula is C13H26O2. The van der Waals surface area contributed by atoms with Gasteiger partial charge in [0.2, 0.25) is 0 Å². The molecule has 0 heterocycles. The van der Waals surface area contributed by atoms with E-state index in [0.717, 1.165) is 38.5 Å². The van der Waals surface area contributed by atoms with Gasteiger partial charge < -0.3 is 5.11 Å². The third kappa shape index (κ3) is 3.84. The lowest BCUT2D eigenvalue weighted by molar-refractivity contribution is -0.152. The zero-order valence-corrected chi connectivity index (χ0v) is 10.7. The van der Waals surface area contributed by atoms with E-state index in [9.17, 15) is 9.90 Å². The molecule has 0 saturated heterocycles. The Morgan fingerprint density at radius 1 is 1.27 bits per heavy atom. The minimum Gasteiger partial charge on any atom is -0.481 e. The molecule has 1 N–H and O–H groups in total. The number of carboxylic acids is 1. The van der Waals surface area contributed by atoms with Crippen LogP contribution in [0.3, 0.4) is 0 Å². The maximum absolute atomic E-state index is 11.4. The van der Waals surface area contributed by atoms with Crippen molar-refractivity contribution in [2.45, 2.75) is 66.2 Å². The van der Waals surface area contributed by atoms with Crippen LogP contribution in [-0.4, -0.2) is 11.1 Å². The molecule has 90 valence electrons. The normalized spacial score (nSPS) is 17.1. The average molecular weight is 214 g/mol. The molecule has 0 fully saturated rings. The zero-order chi connectivity index (χ0) is 11.9. The summed E-state index contributed by atoms with van der Waals surface area (Å²) in [4.78, 5) is 11.4. The summed E-state index contributed by atoms with van der Waals surface area (Å²) in [7, 11) is 0. The number of carboxylic acid groups (broad SMARTS) is 1. The highest BCUT2D eigenvalue weighted by atomic mass is 16.4. The Kier molecular flexibility index (Phi) is 6.62. The monoisotopic (exact) mass is 214 g/mol. The van der Waals surface area contributed by atoms with Gasteiger partial charge in [0.1, 0.15) is 0 Å². The predicted molar refractivity (Wildman–Crippen MR) is 64.0 cm³/mol. The predicted octanol–water partition coefficient (Wildman–Crippen LogP) is 4.09. The van der Waals surface area contributed by atoms with Crippen LogP contribution in [0.25, 0.3) is 0 Å². The first kappa shape index (κ1) is 14.5. The molecule has 0 aliphatic carbocycles. The Hall–Kier alpha value is -0.530. The first-order chi connectivity index (χ1) is 7.02. The van der Waals surface area contributed by atoms with E-state index in [-0.39, 0.29) is 0 Å². The highest BCUT2D eigenvalue weighted by molar-refractivity contribution is 5.74. The first-order valence-corrected chi connectivity index (χ1v) is 6.26. The van der Waals surface area contributed by atoms with Gasteiger partial charge in [0.25, 0.3) is 0 Å². The second kappa shape index (κ2) is 6.86. The van der Waals surface area contributed by atoms with Crippen LogP contribution < -0.4 is 0 Å². The van der Waals surface area contributed by atoms with E-state index in [1.165, 1.54) is 0 Å². The Labute approximate surface area is 94.1 Å². The SMILES string of the molecule is CCCCC(CC)C(C)(CCC)C(=O)O. The Morgan fingerprint density at radius 2 is 1.87 bits per heavy atom. The van der Waals surface area contributed by atoms with Crippen molar-refractivity contribution in [2.24, 2.45) is 11.3 Å². The van der Waals surface area contributed by atoms with Gasteiger partial charge in [-0.3, -0.25) is 4.79 Å². The summed E-state index contributed by atoms with van der Waals surface area (Å²) in [5, 5.41) is 9.36. The van der Waals surface area contributed by atoms with Crippen molar-refractivity contribution < 1.29 is 9.90 Å². The number of hydrogen-bond donors (Lipinski definition) is 1. The summed E-state index contributed by atoms with van der Waals surface area (Å²) in [6.45, 7) is 8.25. The van der Waals surface area contributed by atoms with E-state index in [1.54, 1.807) is 0 Å². The second-order valence-electron chi connectivity index (χ2n) is 4.72. The Balaban J connectivity index is 4.61. The van der Waals surface area contributed by atoms with Crippen molar-refractivity contribution in [3.8, 4) is 0 Å². The summed E-state index contributed by atoms with van der Waals surface area (Å²) < 4.78 is 0. The van der Waals surface area contributed by atoms with Crippen LogP contribution in [0.15, 0.2) is 0 Å². The van der Waals surface area contributed by atoms with Crippen molar-refractivity contribution in [2.75, 3.05) is 0 Å². The number of hydrogen-bond acceptors (Lipinski definition) is 1. The van der Waals surface area contributed by atoms with Crippen molar-refractivity contribution in [3.63, 3.8) is 0 Å². The van der Waals surface area contributed by atoms with Crippen LogP contribution in [0.5, 0.6) is 0 Å². The van der Waals surface area contributed by atoms with E-state index < -0.39 is 11.4 Å². The van der Waals surface area contributed by atoms with Crippen LogP contribution in [0.1, 0.15) is 66.2 Å². The lowest BCUT2D eigenvalue weighted by Crippen LogP contribution is -2.35. The first-order valence-electron chi connectivity index (χ1n) is 6.26. The molecule has 15 heavy (non-hydrogen) atoms. The topological polar surface area (TPSA) is 37.3 Å². The van der Waals surface area contributed by atoms with Crippen LogP contribution >= 0.6 is 0 Å². The number of aliphatic carboxylic acids is 1. The molecule has 0 aliphatic rings. The van der Waals surface area contributed by atoms with E-state index >= 15 is 0 Å². The van der Waals surface area contributed by atoms with E-state index in [4.69, 9.17) is 0 Å². The molecule has 0 aromatic heterocycles. The average Bonchev–Trinajstić information content (AvgIpc) is 2.19. The van der Waals surface area contributed by atoms with E-state index in [2.05, 4.69) is 20.8 Å². The third-order valence-corrected chi connectivity index (χ3v) is 3.56. The smallest absolute Gasteiger partial charge is 0.309 e. The van der Waals surface area contributed by atoms with Crippen LogP contribution in [0.2, 0.25) is 0 Å². The maximum atomic E-state index is 11.4. The fourth-order valence-electron chi connectivity index (χ4n) is 2.43. The van der Waals surface area contributed by atoms with Gasteiger partial charge in [0.05, 0.1) is 5.41 Å².